The Morgan fingerprint density at radius 1 is 1.18 bits per heavy atom. The molecule has 2 rings (SSSR count). The number of hydrogen-bond acceptors (Lipinski definition) is 3. The number of rotatable bonds is 7. The molecule has 0 saturated carbocycles. The minimum atomic E-state index is -0.375. The monoisotopic (exact) mass is 296 g/mol. The van der Waals surface area contributed by atoms with Crippen LogP contribution in [0.5, 0.6) is 0 Å². The maximum absolute atomic E-state index is 10.8. The Kier molecular flexibility index (Phi) is 5.44. The van der Waals surface area contributed by atoms with Crippen LogP contribution in [-0.4, -0.2) is 16.9 Å². The third kappa shape index (κ3) is 4.02. The fourth-order valence-electron chi connectivity index (χ4n) is 2.53. The second-order valence-corrected chi connectivity index (χ2v) is 5.29. The number of nitro groups is 1. The molecule has 0 spiro atoms. The molecule has 0 amide bonds. The molecule has 4 nitrogen and oxygen atoms in total. The van der Waals surface area contributed by atoms with E-state index in [1.54, 1.807) is 12.1 Å². The number of benzene rings is 2. The molecule has 22 heavy (non-hydrogen) atoms. The molecule has 0 aliphatic carbocycles. The average Bonchev–Trinajstić information content (AvgIpc) is 2.53. The van der Waals surface area contributed by atoms with Crippen molar-refractivity contribution in [3.8, 4) is 0 Å². The smallest absolute Gasteiger partial charge is 0.269 e. The lowest BCUT2D eigenvalue weighted by Crippen LogP contribution is -2.23. The minimum absolute atomic E-state index is 0.117. The van der Waals surface area contributed by atoms with Crippen molar-refractivity contribution in [1.82, 2.24) is 4.90 Å². The van der Waals surface area contributed by atoms with Gasteiger partial charge in [0.05, 0.1) is 4.92 Å². The quantitative estimate of drug-likeness (QED) is 0.433. The van der Waals surface area contributed by atoms with Gasteiger partial charge >= 0.3 is 0 Å². The van der Waals surface area contributed by atoms with Crippen LogP contribution < -0.4 is 0 Å². The number of non-ortho nitro benzene ring substituents is 1. The van der Waals surface area contributed by atoms with E-state index in [1.807, 2.05) is 36.4 Å². The molecule has 0 radical (unpaired) electrons. The molecule has 0 saturated heterocycles. The molecule has 4 heteroatoms. The fourth-order valence-corrected chi connectivity index (χ4v) is 2.53. The first-order valence-corrected chi connectivity index (χ1v) is 7.21. The predicted molar refractivity (Wildman–Crippen MR) is 88.6 cm³/mol. The maximum Gasteiger partial charge on any atom is 0.269 e. The van der Waals surface area contributed by atoms with Crippen LogP contribution in [0, 0.1) is 10.1 Å². The zero-order chi connectivity index (χ0) is 15.9. The molecule has 0 fully saturated rings. The van der Waals surface area contributed by atoms with E-state index < -0.39 is 0 Å². The molecular weight excluding hydrogens is 276 g/mol. The van der Waals surface area contributed by atoms with Gasteiger partial charge in [0.15, 0.2) is 0 Å². The van der Waals surface area contributed by atoms with Crippen molar-refractivity contribution in [2.24, 2.45) is 0 Å². The Morgan fingerprint density at radius 3 is 2.36 bits per heavy atom. The summed E-state index contributed by atoms with van der Waals surface area (Å²) in [4.78, 5) is 12.6. The molecule has 2 aromatic rings. The molecule has 0 N–H and O–H groups in total. The first-order valence-electron chi connectivity index (χ1n) is 7.21. The van der Waals surface area contributed by atoms with Gasteiger partial charge in [-0.15, -0.1) is 6.58 Å². The largest absolute Gasteiger partial charge is 0.295 e. The number of hydrogen-bond donors (Lipinski definition) is 0. The molecule has 2 aromatic carbocycles. The van der Waals surface area contributed by atoms with Crippen molar-refractivity contribution in [3.05, 3.63) is 88.5 Å². The third-order valence-corrected chi connectivity index (χ3v) is 3.69. The van der Waals surface area contributed by atoms with Crippen molar-refractivity contribution in [3.63, 3.8) is 0 Å². The van der Waals surface area contributed by atoms with Crippen molar-refractivity contribution in [1.29, 1.82) is 0 Å². The SMILES string of the molecule is C=CCC(c1ccc([N+](=O)[O-])cc1)N(C)Cc1ccccc1. The summed E-state index contributed by atoms with van der Waals surface area (Å²) in [5, 5.41) is 10.8. The summed E-state index contributed by atoms with van der Waals surface area (Å²) in [7, 11) is 2.06. The second kappa shape index (κ2) is 7.52. The van der Waals surface area contributed by atoms with E-state index >= 15 is 0 Å². The van der Waals surface area contributed by atoms with Gasteiger partial charge in [0.1, 0.15) is 0 Å². The van der Waals surface area contributed by atoms with Gasteiger partial charge in [-0.1, -0.05) is 48.5 Å². The van der Waals surface area contributed by atoms with Gasteiger partial charge in [0.2, 0.25) is 0 Å². The highest BCUT2D eigenvalue weighted by Gasteiger charge is 2.17. The van der Waals surface area contributed by atoms with Gasteiger partial charge in [-0.25, -0.2) is 0 Å². The van der Waals surface area contributed by atoms with Gasteiger partial charge in [0, 0.05) is 24.7 Å². The van der Waals surface area contributed by atoms with Crippen LogP contribution in [0.25, 0.3) is 0 Å². The van der Waals surface area contributed by atoms with Crippen LogP contribution in [0.2, 0.25) is 0 Å². The molecule has 1 atom stereocenters. The van der Waals surface area contributed by atoms with Crippen LogP contribution >= 0.6 is 0 Å². The van der Waals surface area contributed by atoms with Gasteiger partial charge in [-0.2, -0.15) is 0 Å². The lowest BCUT2D eigenvalue weighted by molar-refractivity contribution is -0.384. The number of nitro benzene ring substituents is 1. The minimum Gasteiger partial charge on any atom is -0.295 e. The Labute approximate surface area is 130 Å². The summed E-state index contributed by atoms with van der Waals surface area (Å²) < 4.78 is 0. The Balaban J connectivity index is 2.17. The van der Waals surface area contributed by atoms with Crippen LogP contribution in [0.3, 0.4) is 0 Å². The van der Waals surface area contributed by atoms with Gasteiger partial charge in [-0.3, -0.25) is 15.0 Å². The summed E-state index contributed by atoms with van der Waals surface area (Å²) >= 11 is 0. The molecule has 0 aliphatic heterocycles. The van der Waals surface area contributed by atoms with E-state index in [9.17, 15) is 10.1 Å². The fraction of sp³-hybridized carbons (Fsp3) is 0.222. The highest BCUT2D eigenvalue weighted by atomic mass is 16.6. The average molecular weight is 296 g/mol. The summed E-state index contributed by atoms with van der Waals surface area (Å²) in [6, 6.07) is 17.2. The van der Waals surface area contributed by atoms with Crippen LogP contribution in [0.15, 0.2) is 67.3 Å². The highest BCUT2D eigenvalue weighted by Crippen LogP contribution is 2.26. The normalized spacial score (nSPS) is 12.1. The Morgan fingerprint density at radius 2 is 1.82 bits per heavy atom. The molecule has 0 aliphatic rings. The van der Waals surface area contributed by atoms with E-state index in [0.29, 0.717) is 0 Å². The van der Waals surface area contributed by atoms with Crippen LogP contribution in [0.1, 0.15) is 23.6 Å². The lowest BCUT2D eigenvalue weighted by Gasteiger charge is -2.27. The van der Waals surface area contributed by atoms with Gasteiger partial charge in [0.25, 0.3) is 5.69 Å². The van der Waals surface area contributed by atoms with Crippen molar-refractivity contribution >= 4 is 5.69 Å². The van der Waals surface area contributed by atoms with E-state index in [-0.39, 0.29) is 16.7 Å². The highest BCUT2D eigenvalue weighted by molar-refractivity contribution is 5.34. The Bertz CT molecular complexity index is 623. The van der Waals surface area contributed by atoms with Gasteiger partial charge in [-0.05, 0) is 24.6 Å². The molecule has 0 bridgehead atoms. The van der Waals surface area contributed by atoms with Crippen LogP contribution in [-0.2, 0) is 6.54 Å². The molecular formula is C18H20N2O2. The Hall–Kier alpha value is -2.46. The van der Waals surface area contributed by atoms with Crippen molar-refractivity contribution in [2.45, 2.75) is 19.0 Å². The first kappa shape index (κ1) is 15.9. The molecule has 114 valence electrons. The van der Waals surface area contributed by atoms with Crippen LogP contribution in [0.4, 0.5) is 5.69 Å². The van der Waals surface area contributed by atoms with Gasteiger partial charge < -0.3 is 0 Å². The van der Waals surface area contributed by atoms with E-state index in [1.165, 1.54) is 5.56 Å². The first-order chi connectivity index (χ1) is 10.6. The maximum atomic E-state index is 10.8. The summed E-state index contributed by atoms with van der Waals surface area (Å²) in [5.41, 5.74) is 2.41. The molecule has 0 heterocycles. The topological polar surface area (TPSA) is 46.4 Å². The molecule has 0 aromatic heterocycles. The van der Waals surface area contributed by atoms with E-state index in [4.69, 9.17) is 0 Å². The van der Waals surface area contributed by atoms with E-state index in [0.717, 1.165) is 18.5 Å². The lowest BCUT2D eigenvalue weighted by atomic mass is 10.0. The summed E-state index contributed by atoms with van der Waals surface area (Å²) in [6.45, 7) is 4.64. The van der Waals surface area contributed by atoms with Crippen molar-refractivity contribution < 1.29 is 4.92 Å². The summed E-state index contributed by atoms with van der Waals surface area (Å²) in [5.74, 6) is 0. The standard InChI is InChI=1S/C18H20N2O2/c1-3-7-18(16-10-12-17(13-11-16)20(21)22)19(2)14-15-8-5-4-6-9-15/h3-6,8-13,18H,1,7,14H2,2H3. The zero-order valence-electron chi connectivity index (χ0n) is 12.7. The van der Waals surface area contributed by atoms with E-state index in [2.05, 4.69) is 30.7 Å². The number of nitrogens with zero attached hydrogens (tertiary/aromatic N) is 2. The second-order valence-electron chi connectivity index (χ2n) is 5.29. The zero-order valence-corrected chi connectivity index (χ0v) is 12.7. The molecule has 1 unspecified atom stereocenters. The van der Waals surface area contributed by atoms with Crippen molar-refractivity contribution in [2.75, 3.05) is 7.05 Å². The predicted octanol–water partition coefficient (Wildman–Crippen LogP) is 4.34. The third-order valence-electron chi connectivity index (χ3n) is 3.69. The summed E-state index contributed by atoms with van der Waals surface area (Å²) in [6.07, 6.45) is 2.68.